The molecule has 1 rings (SSSR count). The van der Waals surface area contributed by atoms with Gasteiger partial charge in [-0.3, -0.25) is 9.59 Å². The Morgan fingerprint density at radius 1 is 1.73 bits per heavy atom. The molecule has 86 valence electrons. The Balaban J connectivity index is 2.19. The van der Waals surface area contributed by atoms with Crippen molar-refractivity contribution in [1.82, 2.24) is 10.6 Å². The molecule has 0 spiro atoms. The molecule has 0 aromatic rings. The molecule has 1 heterocycles. The van der Waals surface area contributed by atoms with E-state index >= 15 is 0 Å². The van der Waals surface area contributed by atoms with Crippen LogP contribution in [-0.4, -0.2) is 30.4 Å². The molecule has 0 radical (unpaired) electrons. The standard InChI is InChI=1S/C10H19N3O2/c1-2-3-8(11)10(15)12-6-7-4-5-9(14)13-7/h7-8H,2-6,11H2,1H3,(H,12,15)(H,13,14). The Morgan fingerprint density at radius 2 is 2.47 bits per heavy atom. The fourth-order valence-corrected chi connectivity index (χ4v) is 1.63. The summed E-state index contributed by atoms with van der Waals surface area (Å²) in [5.41, 5.74) is 5.64. The molecule has 0 aliphatic carbocycles. The minimum absolute atomic E-state index is 0.0621. The topological polar surface area (TPSA) is 84.2 Å². The molecule has 0 aromatic carbocycles. The van der Waals surface area contributed by atoms with Gasteiger partial charge in [0.25, 0.3) is 0 Å². The summed E-state index contributed by atoms with van der Waals surface area (Å²) >= 11 is 0. The van der Waals surface area contributed by atoms with Crippen molar-refractivity contribution in [3.8, 4) is 0 Å². The fourth-order valence-electron chi connectivity index (χ4n) is 1.63. The predicted octanol–water partition coefficient (Wildman–Crippen LogP) is -0.491. The molecule has 15 heavy (non-hydrogen) atoms. The van der Waals surface area contributed by atoms with Crippen LogP contribution >= 0.6 is 0 Å². The normalized spacial score (nSPS) is 22.3. The number of carbonyl (C=O) groups is 2. The summed E-state index contributed by atoms with van der Waals surface area (Å²) in [5.74, 6) is -0.0647. The summed E-state index contributed by atoms with van der Waals surface area (Å²) < 4.78 is 0. The van der Waals surface area contributed by atoms with Crippen molar-refractivity contribution >= 4 is 11.8 Å². The van der Waals surface area contributed by atoms with E-state index in [2.05, 4.69) is 10.6 Å². The highest BCUT2D eigenvalue weighted by Gasteiger charge is 2.21. The van der Waals surface area contributed by atoms with Crippen LogP contribution in [0.2, 0.25) is 0 Å². The second-order valence-electron chi connectivity index (χ2n) is 3.94. The molecular weight excluding hydrogens is 194 g/mol. The molecule has 0 aromatic heterocycles. The van der Waals surface area contributed by atoms with Gasteiger partial charge in [0.2, 0.25) is 11.8 Å². The number of carbonyl (C=O) groups excluding carboxylic acids is 2. The summed E-state index contributed by atoms with van der Waals surface area (Å²) in [7, 11) is 0. The zero-order chi connectivity index (χ0) is 11.3. The summed E-state index contributed by atoms with van der Waals surface area (Å²) in [4.78, 5) is 22.3. The average Bonchev–Trinajstić information content (AvgIpc) is 2.61. The smallest absolute Gasteiger partial charge is 0.236 e. The van der Waals surface area contributed by atoms with Gasteiger partial charge in [0.1, 0.15) is 0 Å². The summed E-state index contributed by atoms with van der Waals surface area (Å²) in [6, 6.07) is -0.345. The van der Waals surface area contributed by atoms with Gasteiger partial charge < -0.3 is 16.4 Å². The lowest BCUT2D eigenvalue weighted by molar-refractivity contribution is -0.123. The van der Waals surface area contributed by atoms with E-state index in [0.717, 1.165) is 12.8 Å². The Kier molecular flexibility index (Phi) is 4.55. The summed E-state index contributed by atoms with van der Waals surface area (Å²) in [6.07, 6.45) is 2.95. The SMILES string of the molecule is CCCC(N)C(=O)NCC1CCC(=O)N1. The van der Waals surface area contributed by atoms with Crippen molar-refractivity contribution in [3.63, 3.8) is 0 Å². The maximum Gasteiger partial charge on any atom is 0.236 e. The second-order valence-corrected chi connectivity index (χ2v) is 3.94. The fraction of sp³-hybridized carbons (Fsp3) is 0.800. The van der Waals surface area contributed by atoms with Gasteiger partial charge in [-0.25, -0.2) is 0 Å². The maximum absolute atomic E-state index is 11.4. The van der Waals surface area contributed by atoms with Crippen LogP contribution in [0.1, 0.15) is 32.6 Å². The number of hydrogen-bond donors (Lipinski definition) is 3. The molecule has 2 atom stereocenters. The van der Waals surface area contributed by atoms with E-state index in [9.17, 15) is 9.59 Å². The monoisotopic (exact) mass is 213 g/mol. The maximum atomic E-state index is 11.4. The molecule has 2 amide bonds. The summed E-state index contributed by atoms with van der Waals surface area (Å²) in [5, 5.41) is 5.54. The van der Waals surface area contributed by atoms with Gasteiger partial charge >= 0.3 is 0 Å². The zero-order valence-electron chi connectivity index (χ0n) is 9.08. The van der Waals surface area contributed by atoms with E-state index in [1.54, 1.807) is 0 Å². The zero-order valence-corrected chi connectivity index (χ0v) is 9.08. The lowest BCUT2D eigenvalue weighted by Gasteiger charge is -2.14. The number of amides is 2. The highest BCUT2D eigenvalue weighted by molar-refractivity contribution is 5.82. The Morgan fingerprint density at radius 3 is 3.00 bits per heavy atom. The molecule has 4 N–H and O–H groups in total. The molecule has 1 aliphatic heterocycles. The van der Waals surface area contributed by atoms with Gasteiger partial charge in [-0.15, -0.1) is 0 Å². The van der Waals surface area contributed by atoms with Gasteiger partial charge in [-0.2, -0.15) is 0 Å². The molecule has 1 saturated heterocycles. The highest BCUT2D eigenvalue weighted by Crippen LogP contribution is 2.05. The Labute approximate surface area is 89.8 Å². The molecule has 1 fully saturated rings. The van der Waals surface area contributed by atoms with Crippen LogP contribution in [0.15, 0.2) is 0 Å². The molecule has 0 bridgehead atoms. The lowest BCUT2D eigenvalue weighted by Crippen LogP contribution is -2.45. The first-order valence-electron chi connectivity index (χ1n) is 5.46. The summed E-state index contributed by atoms with van der Waals surface area (Å²) in [6.45, 7) is 2.48. The minimum Gasteiger partial charge on any atom is -0.353 e. The first-order valence-corrected chi connectivity index (χ1v) is 5.46. The van der Waals surface area contributed by atoms with Crippen molar-refractivity contribution in [2.24, 2.45) is 5.73 Å². The van der Waals surface area contributed by atoms with Crippen molar-refractivity contribution in [1.29, 1.82) is 0 Å². The van der Waals surface area contributed by atoms with Gasteiger partial charge in [0, 0.05) is 19.0 Å². The first-order chi connectivity index (χ1) is 7.13. The number of hydrogen-bond acceptors (Lipinski definition) is 3. The van der Waals surface area contributed by atoms with Crippen LogP contribution in [0.4, 0.5) is 0 Å². The molecule has 5 nitrogen and oxygen atoms in total. The molecule has 2 unspecified atom stereocenters. The lowest BCUT2D eigenvalue weighted by atomic mass is 10.1. The molecular formula is C10H19N3O2. The van der Waals surface area contributed by atoms with Crippen LogP contribution in [-0.2, 0) is 9.59 Å². The van der Waals surface area contributed by atoms with E-state index in [-0.39, 0.29) is 17.9 Å². The van der Waals surface area contributed by atoms with Crippen LogP contribution in [0, 0.1) is 0 Å². The van der Waals surface area contributed by atoms with Gasteiger partial charge in [-0.1, -0.05) is 13.3 Å². The number of rotatable bonds is 5. The molecule has 5 heteroatoms. The van der Waals surface area contributed by atoms with Crippen LogP contribution in [0.25, 0.3) is 0 Å². The molecule has 1 aliphatic rings. The Hall–Kier alpha value is -1.10. The van der Waals surface area contributed by atoms with Crippen LogP contribution in [0.5, 0.6) is 0 Å². The Bertz CT molecular complexity index is 243. The van der Waals surface area contributed by atoms with E-state index in [4.69, 9.17) is 5.73 Å². The van der Waals surface area contributed by atoms with Crippen LogP contribution < -0.4 is 16.4 Å². The average molecular weight is 213 g/mol. The van der Waals surface area contributed by atoms with E-state index < -0.39 is 6.04 Å². The second kappa shape index (κ2) is 5.70. The number of nitrogens with one attached hydrogen (secondary N) is 2. The van der Waals surface area contributed by atoms with Crippen molar-refractivity contribution in [3.05, 3.63) is 0 Å². The van der Waals surface area contributed by atoms with Gasteiger partial charge in [0.15, 0.2) is 0 Å². The molecule has 0 saturated carbocycles. The highest BCUT2D eigenvalue weighted by atomic mass is 16.2. The van der Waals surface area contributed by atoms with Gasteiger partial charge in [0.05, 0.1) is 6.04 Å². The third-order valence-corrected chi connectivity index (χ3v) is 2.54. The quantitative estimate of drug-likeness (QED) is 0.576. The van der Waals surface area contributed by atoms with Crippen molar-refractivity contribution in [2.75, 3.05) is 6.54 Å². The first kappa shape index (κ1) is 12.0. The van der Waals surface area contributed by atoms with E-state index in [1.165, 1.54) is 0 Å². The van der Waals surface area contributed by atoms with E-state index in [0.29, 0.717) is 19.4 Å². The van der Waals surface area contributed by atoms with Crippen molar-refractivity contribution < 1.29 is 9.59 Å². The number of nitrogens with two attached hydrogens (primary N) is 1. The minimum atomic E-state index is -0.424. The van der Waals surface area contributed by atoms with Crippen LogP contribution in [0.3, 0.4) is 0 Å². The van der Waals surface area contributed by atoms with Crippen molar-refractivity contribution in [2.45, 2.75) is 44.7 Å². The third-order valence-electron chi connectivity index (χ3n) is 2.54. The van der Waals surface area contributed by atoms with Gasteiger partial charge in [-0.05, 0) is 12.8 Å². The van der Waals surface area contributed by atoms with E-state index in [1.807, 2.05) is 6.92 Å². The largest absolute Gasteiger partial charge is 0.353 e. The predicted molar refractivity (Wildman–Crippen MR) is 57.1 cm³/mol. The third kappa shape index (κ3) is 3.87.